The highest BCUT2D eigenvalue weighted by atomic mass is 15.3. The van der Waals surface area contributed by atoms with Crippen molar-refractivity contribution in [2.24, 2.45) is 7.05 Å². The summed E-state index contributed by atoms with van der Waals surface area (Å²) in [6, 6.07) is 0.473. The zero-order chi connectivity index (χ0) is 14.3. The predicted molar refractivity (Wildman–Crippen MR) is 82.5 cm³/mol. The molecule has 0 spiro atoms. The molecule has 0 aliphatic carbocycles. The molecule has 3 nitrogen and oxygen atoms in total. The number of rotatable bonds is 9. The maximum absolute atomic E-state index is 4.55. The van der Waals surface area contributed by atoms with E-state index in [2.05, 4.69) is 38.1 Å². The maximum atomic E-state index is 4.55. The fraction of sp³-hybridized carbons (Fsp3) is 0.812. The Labute approximate surface area is 118 Å². The first-order valence-electron chi connectivity index (χ1n) is 7.85. The van der Waals surface area contributed by atoms with Gasteiger partial charge in [-0.15, -0.1) is 0 Å². The van der Waals surface area contributed by atoms with E-state index in [1.54, 1.807) is 0 Å². The molecule has 0 aromatic carbocycles. The molecule has 3 heteroatoms. The molecule has 1 aromatic rings. The van der Waals surface area contributed by atoms with Crippen LogP contribution in [-0.2, 0) is 7.05 Å². The molecule has 1 N–H and O–H groups in total. The van der Waals surface area contributed by atoms with Crippen molar-refractivity contribution in [2.45, 2.75) is 72.3 Å². The van der Waals surface area contributed by atoms with Crippen molar-refractivity contribution in [3.63, 3.8) is 0 Å². The van der Waals surface area contributed by atoms with Crippen LogP contribution < -0.4 is 5.32 Å². The van der Waals surface area contributed by atoms with Gasteiger partial charge in [-0.05, 0) is 26.8 Å². The Kier molecular flexibility index (Phi) is 7.14. The standard InChI is InChI=1S/C16H31N3/c1-6-8-9-10-11-12-15(17-7-2)16-13(3)18-19(5)14(16)4/h15,17H,6-12H2,1-5H3. The van der Waals surface area contributed by atoms with Crippen LogP contribution in [0, 0.1) is 13.8 Å². The minimum absolute atomic E-state index is 0.473. The third-order valence-electron chi connectivity index (χ3n) is 3.96. The van der Waals surface area contributed by atoms with Crippen molar-refractivity contribution < 1.29 is 0 Å². The molecular weight excluding hydrogens is 234 g/mol. The van der Waals surface area contributed by atoms with Gasteiger partial charge in [-0.2, -0.15) is 5.10 Å². The minimum atomic E-state index is 0.473. The van der Waals surface area contributed by atoms with E-state index >= 15 is 0 Å². The first-order valence-corrected chi connectivity index (χ1v) is 7.85. The van der Waals surface area contributed by atoms with E-state index in [-0.39, 0.29) is 0 Å². The third kappa shape index (κ3) is 4.64. The molecule has 0 bridgehead atoms. The van der Waals surface area contributed by atoms with E-state index in [0.717, 1.165) is 6.54 Å². The lowest BCUT2D eigenvalue weighted by Gasteiger charge is -2.18. The molecule has 1 heterocycles. The Balaban J connectivity index is 2.61. The Morgan fingerprint density at radius 3 is 2.32 bits per heavy atom. The van der Waals surface area contributed by atoms with E-state index < -0.39 is 0 Å². The van der Waals surface area contributed by atoms with Crippen LogP contribution in [0.4, 0.5) is 0 Å². The van der Waals surface area contributed by atoms with Crippen LogP contribution in [0.3, 0.4) is 0 Å². The van der Waals surface area contributed by atoms with Gasteiger partial charge in [0.15, 0.2) is 0 Å². The van der Waals surface area contributed by atoms with Gasteiger partial charge >= 0.3 is 0 Å². The van der Waals surface area contributed by atoms with Gasteiger partial charge in [-0.1, -0.05) is 46.0 Å². The smallest absolute Gasteiger partial charge is 0.0644 e. The summed E-state index contributed by atoms with van der Waals surface area (Å²) in [5.41, 5.74) is 3.90. The van der Waals surface area contributed by atoms with Gasteiger partial charge in [0.25, 0.3) is 0 Å². The number of unbranched alkanes of at least 4 members (excludes halogenated alkanes) is 4. The van der Waals surface area contributed by atoms with Crippen LogP contribution >= 0.6 is 0 Å². The molecule has 0 fully saturated rings. The van der Waals surface area contributed by atoms with Crippen molar-refractivity contribution >= 4 is 0 Å². The SMILES string of the molecule is CCCCCCCC(NCC)c1c(C)nn(C)c1C. The number of nitrogens with one attached hydrogen (secondary N) is 1. The van der Waals surface area contributed by atoms with Gasteiger partial charge in [0.1, 0.15) is 0 Å². The molecular formula is C16H31N3. The number of aromatic nitrogens is 2. The van der Waals surface area contributed by atoms with Gasteiger partial charge in [-0.3, -0.25) is 4.68 Å². The van der Waals surface area contributed by atoms with E-state index in [0.29, 0.717) is 6.04 Å². The molecule has 19 heavy (non-hydrogen) atoms. The van der Waals surface area contributed by atoms with Gasteiger partial charge < -0.3 is 5.32 Å². The number of nitrogens with zero attached hydrogens (tertiary/aromatic N) is 2. The van der Waals surface area contributed by atoms with Gasteiger partial charge in [0, 0.05) is 24.3 Å². The predicted octanol–water partition coefficient (Wildman–Crippen LogP) is 4.05. The second-order valence-electron chi connectivity index (χ2n) is 5.52. The second-order valence-corrected chi connectivity index (χ2v) is 5.52. The number of aryl methyl sites for hydroxylation is 2. The van der Waals surface area contributed by atoms with Crippen molar-refractivity contribution in [3.8, 4) is 0 Å². The highest BCUT2D eigenvalue weighted by Crippen LogP contribution is 2.25. The van der Waals surface area contributed by atoms with Crippen LogP contribution in [-0.4, -0.2) is 16.3 Å². The monoisotopic (exact) mass is 265 g/mol. The Morgan fingerprint density at radius 2 is 1.79 bits per heavy atom. The summed E-state index contributed by atoms with van der Waals surface area (Å²) in [4.78, 5) is 0. The highest BCUT2D eigenvalue weighted by Gasteiger charge is 2.18. The summed E-state index contributed by atoms with van der Waals surface area (Å²) in [6.45, 7) is 9.78. The summed E-state index contributed by atoms with van der Waals surface area (Å²) in [5, 5.41) is 8.18. The van der Waals surface area contributed by atoms with E-state index in [9.17, 15) is 0 Å². The molecule has 0 amide bonds. The maximum Gasteiger partial charge on any atom is 0.0644 e. The van der Waals surface area contributed by atoms with Gasteiger partial charge in [-0.25, -0.2) is 0 Å². The lowest BCUT2D eigenvalue weighted by atomic mass is 9.98. The number of hydrogen-bond donors (Lipinski definition) is 1. The summed E-state index contributed by atoms with van der Waals surface area (Å²) < 4.78 is 2.01. The van der Waals surface area contributed by atoms with Crippen LogP contribution in [0.15, 0.2) is 0 Å². The number of hydrogen-bond acceptors (Lipinski definition) is 2. The van der Waals surface area contributed by atoms with Gasteiger partial charge in [0.05, 0.1) is 5.69 Å². The van der Waals surface area contributed by atoms with Crippen molar-refractivity contribution in [3.05, 3.63) is 17.0 Å². The lowest BCUT2D eigenvalue weighted by molar-refractivity contribution is 0.475. The summed E-state index contributed by atoms with van der Waals surface area (Å²) in [5.74, 6) is 0. The molecule has 1 rings (SSSR count). The summed E-state index contributed by atoms with van der Waals surface area (Å²) in [6.07, 6.45) is 7.96. The Morgan fingerprint density at radius 1 is 1.11 bits per heavy atom. The Bertz CT molecular complexity index is 368. The first-order chi connectivity index (χ1) is 9.11. The second kappa shape index (κ2) is 8.36. The third-order valence-corrected chi connectivity index (χ3v) is 3.96. The fourth-order valence-corrected chi connectivity index (χ4v) is 2.84. The average Bonchev–Trinajstić information content (AvgIpc) is 2.62. The van der Waals surface area contributed by atoms with Crippen molar-refractivity contribution in [1.82, 2.24) is 15.1 Å². The zero-order valence-corrected chi connectivity index (χ0v) is 13.4. The lowest BCUT2D eigenvalue weighted by Crippen LogP contribution is -2.22. The van der Waals surface area contributed by atoms with Crippen LogP contribution in [0.25, 0.3) is 0 Å². The van der Waals surface area contributed by atoms with Crippen LogP contribution in [0.2, 0.25) is 0 Å². The molecule has 0 aliphatic rings. The summed E-state index contributed by atoms with van der Waals surface area (Å²) >= 11 is 0. The fourth-order valence-electron chi connectivity index (χ4n) is 2.84. The molecule has 0 saturated carbocycles. The normalized spacial score (nSPS) is 12.9. The largest absolute Gasteiger partial charge is 0.310 e. The topological polar surface area (TPSA) is 29.9 Å². The van der Waals surface area contributed by atoms with E-state index in [4.69, 9.17) is 0 Å². The highest BCUT2D eigenvalue weighted by molar-refractivity contribution is 5.28. The van der Waals surface area contributed by atoms with Crippen LogP contribution in [0.1, 0.15) is 75.4 Å². The summed E-state index contributed by atoms with van der Waals surface area (Å²) in [7, 11) is 2.04. The molecule has 0 aliphatic heterocycles. The van der Waals surface area contributed by atoms with Crippen molar-refractivity contribution in [2.75, 3.05) is 6.54 Å². The van der Waals surface area contributed by atoms with Crippen molar-refractivity contribution in [1.29, 1.82) is 0 Å². The van der Waals surface area contributed by atoms with Crippen LogP contribution in [0.5, 0.6) is 0 Å². The molecule has 1 aromatic heterocycles. The molecule has 1 unspecified atom stereocenters. The minimum Gasteiger partial charge on any atom is -0.310 e. The quantitative estimate of drug-likeness (QED) is 0.683. The molecule has 1 atom stereocenters. The van der Waals surface area contributed by atoms with Gasteiger partial charge in [0.2, 0.25) is 0 Å². The molecule has 0 saturated heterocycles. The Hall–Kier alpha value is -0.830. The zero-order valence-electron chi connectivity index (χ0n) is 13.4. The first kappa shape index (κ1) is 16.2. The van der Waals surface area contributed by atoms with E-state index in [1.807, 2.05) is 11.7 Å². The molecule has 110 valence electrons. The van der Waals surface area contributed by atoms with E-state index in [1.165, 1.54) is 55.5 Å². The molecule has 0 radical (unpaired) electrons. The average molecular weight is 265 g/mol.